The molecule has 1 fully saturated rings. The third-order valence-corrected chi connectivity index (χ3v) is 8.31. The Morgan fingerprint density at radius 1 is 1.06 bits per heavy atom. The molecular formula is C24H27N5O5S. The van der Waals surface area contributed by atoms with E-state index in [0.29, 0.717) is 37.6 Å². The van der Waals surface area contributed by atoms with Gasteiger partial charge in [0, 0.05) is 25.1 Å². The molecule has 1 saturated heterocycles. The van der Waals surface area contributed by atoms with Crippen molar-refractivity contribution in [3.05, 3.63) is 60.7 Å². The summed E-state index contributed by atoms with van der Waals surface area (Å²) in [4.78, 5) is 17.0. The molecule has 0 radical (unpaired) electrons. The minimum atomic E-state index is -3.68. The zero-order valence-electron chi connectivity index (χ0n) is 19.3. The molecule has 0 saturated carbocycles. The van der Waals surface area contributed by atoms with Gasteiger partial charge in [0.05, 0.1) is 16.6 Å². The number of nitrogens with one attached hydrogen (secondary N) is 1. The number of aromatic nitrogens is 3. The van der Waals surface area contributed by atoms with Crippen LogP contribution in [0.1, 0.15) is 31.4 Å². The van der Waals surface area contributed by atoms with Gasteiger partial charge < -0.3 is 14.8 Å². The van der Waals surface area contributed by atoms with Crippen LogP contribution in [-0.4, -0.2) is 59.7 Å². The summed E-state index contributed by atoms with van der Waals surface area (Å²) in [6.07, 6.45) is 4.03. The van der Waals surface area contributed by atoms with Gasteiger partial charge in [-0.2, -0.15) is 9.40 Å². The van der Waals surface area contributed by atoms with Crippen molar-refractivity contribution >= 4 is 15.9 Å². The standard InChI is InChI=1S/C24H27N5O5S/c1-17(18-2-4-20(5-3-18)29-16-25-15-26-29)27-24(30)19-8-10-28(11-9-19)35(31,32)21-6-7-22-23(14-21)34-13-12-33-22/h2-7,14-17,19H,8-13H2,1H3,(H,27,30). The summed E-state index contributed by atoms with van der Waals surface area (Å²) in [6.45, 7) is 3.35. The third kappa shape index (κ3) is 4.87. The molecular weight excluding hydrogens is 470 g/mol. The highest BCUT2D eigenvalue weighted by Crippen LogP contribution is 2.34. The number of rotatable bonds is 6. The smallest absolute Gasteiger partial charge is 0.243 e. The van der Waals surface area contributed by atoms with Crippen molar-refractivity contribution < 1.29 is 22.7 Å². The number of benzene rings is 2. The van der Waals surface area contributed by atoms with Crippen molar-refractivity contribution in [3.63, 3.8) is 0 Å². The molecule has 0 spiro atoms. The monoisotopic (exact) mass is 497 g/mol. The van der Waals surface area contributed by atoms with Crippen LogP contribution in [0.2, 0.25) is 0 Å². The molecule has 35 heavy (non-hydrogen) atoms. The summed E-state index contributed by atoms with van der Waals surface area (Å²) < 4.78 is 40.4. The molecule has 0 bridgehead atoms. The highest BCUT2D eigenvalue weighted by Gasteiger charge is 2.33. The van der Waals surface area contributed by atoms with Crippen LogP contribution >= 0.6 is 0 Å². The van der Waals surface area contributed by atoms with E-state index in [1.165, 1.54) is 22.8 Å². The molecule has 0 aliphatic carbocycles. The largest absolute Gasteiger partial charge is 0.486 e. The number of fused-ring (bicyclic) bond motifs is 1. The van der Waals surface area contributed by atoms with E-state index in [0.717, 1.165) is 11.3 Å². The van der Waals surface area contributed by atoms with E-state index in [-0.39, 0.29) is 35.9 Å². The normalized spacial score (nSPS) is 17.6. The van der Waals surface area contributed by atoms with Crippen molar-refractivity contribution in [2.45, 2.75) is 30.7 Å². The van der Waals surface area contributed by atoms with Gasteiger partial charge in [-0.1, -0.05) is 12.1 Å². The first kappa shape index (κ1) is 23.3. The lowest BCUT2D eigenvalue weighted by Crippen LogP contribution is -2.43. The highest BCUT2D eigenvalue weighted by molar-refractivity contribution is 7.89. The van der Waals surface area contributed by atoms with Crippen LogP contribution < -0.4 is 14.8 Å². The molecule has 184 valence electrons. The van der Waals surface area contributed by atoms with Crippen molar-refractivity contribution in [1.82, 2.24) is 24.4 Å². The molecule has 5 rings (SSSR count). The Hall–Kier alpha value is -3.44. The molecule has 2 aliphatic rings. The Balaban J connectivity index is 1.17. The van der Waals surface area contributed by atoms with Gasteiger partial charge in [-0.05, 0) is 49.6 Å². The fourth-order valence-electron chi connectivity index (χ4n) is 4.36. The van der Waals surface area contributed by atoms with E-state index in [9.17, 15) is 13.2 Å². The van der Waals surface area contributed by atoms with Gasteiger partial charge in [0.2, 0.25) is 15.9 Å². The van der Waals surface area contributed by atoms with Crippen LogP contribution in [0.3, 0.4) is 0 Å². The van der Waals surface area contributed by atoms with E-state index in [2.05, 4.69) is 15.4 Å². The number of amides is 1. The Kier molecular flexibility index (Phi) is 6.44. The molecule has 2 aliphatic heterocycles. The molecule has 1 N–H and O–H groups in total. The molecule has 3 heterocycles. The molecule has 3 aromatic rings. The lowest BCUT2D eigenvalue weighted by atomic mass is 9.96. The number of hydrogen-bond acceptors (Lipinski definition) is 7. The number of sulfonamides is 1. The first-order valence-electron chi connectivity index (χ1n) is 11.6. The van der Waals surface area contributed by atoms with Gasteiger partial charge in [-0.25, -0.2) is 18.1 Å². The average Bonchev–Trinajstić information content (AvgIpc) is 3.43. The van der Waals surface area contributed by atoms with Crippen molar-refractivity contribution in [3.8, 4) is 17.2 Å². The molecule has 10 nitrogen and oxygen atoms in total. The maximum absolute atomic E-state index is 13.1. The summed E-state index contributed by atoms with van der Waals surface area (Å²) in [5.41, 5.74) is 1.86. The summed E-state index contributed by atoms with van der Waals surface area (Å²) in [5, 5.41) is 7.18. The second kappa shape index (κ2) is 9.67. The van der Waals surface area contributed by atoms with Gasteiger partial charge in [0.25, 0.3) is 0 Å². The summed E-state index contributed by atoms with van der Waals surface area (Å²) in [5.74, 6) is 0.690. The number of carbonyl (C=O) groups is 1. The van der Waals surface area contributed by atoms with E-state index in [1.807, 2.05) is 31.2 Å². The van der Waals surface area contributed by atoms with Gasteiger partial charge in [0.15, 0.2) is 11.5 Å². The molecule has 1 amide bonds. The van der Waals surface area contributed by atoms with Crippen LogP contribution in [0.15, 0.2) is 60.0 Å². The summed E-state index contributed by atoms with van der Waals surface area (Å²) >= 11 is 0. The minimum Gasteiger partial charge on any atom is -0.486 e. The third-order valence-electron chi connectivity index (χ3n) is 6.41. The first-order valence-corrected chi connectivity index (χ1v) is 13.0. The lowest BCUT2D eigenvalue weighted by Gasteiger charge is -2.31. The number of carbonyl (C=O) groups excluding carboxylic acids is 1. The SMILES string of the molecule is CC(NC(=O)C1CCN(S(=O)(=O)c2ccc3c(c2)OCCO3)CC1)c1ccc(-n2cncn2)cc1. The van der Waals surface area contributed by atoms with Crippen LogP contribution in [0, 0.1) is 5.92 Å². The van der Waals surface area contributed by atoms with E-state index in [1.54, 1.807) is 17.1 Å². The van der Waals surface area contributed by atoms with Gasteiger partial charge in [-0.3, -0.25) is 4.79 Å². The van der Waals surface area contributed by atoms with E-state index in [4.69, 9.17) is 9.47 Å². The van der Waals surface area contributed by atoms with Crippen molar-refractivity contribution in [1.29, 1.82) is 0 Å². The maximum atomic E-state index is 13.1. The summed E-state index contributed by atoms with van der Waals surface area (Å²) in [6, 6.07) is 12.3. The quantitative estimate of drug-likeness (QED) is 0.556. The van der Waals surface area contributed by atoms with Crippen LogP contribution in [0.25, 0.3) is 5.69 Å². The van der Waals surface area contributed by atoms with Crippen molar-refractivity contribution in [2.24, 2.45) is 5.92 Å². The number of nitrogens with zero attached hydrogens (tertiary/aromatic N) is 4. The van der Waals surface area contributed by atoms with Crippen LogP contribution in [0.5, 0.6) is 11.5 Å². The predicted octanol–water partition coefficient (Wildman–Crippen LogP) is 2.32. The first-order chi connectivity index (χ1) is 16.9. The molecule has 1 unspecified atom stereocenters. The second-order valence-corrected chi connectivity index (χ2v) is 10.6. The lowest BCUT2D eigenvalue weighted by molar-refractivity contribution is -0.126. The highest BCUT2D eigenvalue weighted by atomic mass is 32.2. The molecule has 2 aromatic carbocycles. The Bertz CT molecular complexity index is 1290. The van der Waals surface area contributed by atoms with E-state index < -0.39 is 10.0 Å². The Morgan fingerprint density at radius 3 is 2.46 bits per heavy atom. The van der Waals surface area contributed by atoms with Crippen LogP contribution in [0.4, 0.5) is 0 Å². The van der Waals surface area contributed by atoms with Gasteiger partial charge >= 0.3 is 0 Å². The molecule has 11 heteroatoms. The zero-order chi connectivity index (χ0) is 24.4. The Labute approximate surface area is 203 Å². The zero-order valence-corrected chi connectivity index (χ0v) is 20.1. The molecule has 1 aromatic heterocycles. The van der Waals surface area contributed by atoms with Gasteiger partial charge in [-0.15, -0.1) is 0 Å². The molecule has 1 atom stereocenters. The fraction of sp³-hybridized carbons (Fsp3) is 0.375. The Morgan fingerprint density at radius 2 is 1.77 bits per heavy atom. The fourth-order valence-corrected chi connectivity index (χ4v) is 5.85. The van der Waals surface area contributed by atoms with Gasteiger partial charge in [0.1, 0.15) is 25.9 Å². The van der Waals surface area contributed by atoms with Crippen LogP contribution in [-0.2, 0) is 14.8 Å². The predicted molar refractivity (Wildman–Crippen MR) is 127 cm³/mol. The van der Waals surface area contributed by atoms with Crippen molar-refractivity contribution in [2.75, 3.05) is 26.3 Å². The van der Waals surface area contributed by atoms with E-state index >= 15 is 0 Å². The number of hydrogen-bond donors (Lipinski definition) is 1. The number of piperidine rings is 1. The topological polar surface area (TPSA) is 116 Å². The average molecular weight is 498 g/mol. The summed E-state index contributed by atoms with van der Waals surface area (Å²) in [7, 11) is -3.68. The second-order valence-electron chi connectivity index (χ2n) is 8.65. The minimum absolute atomic E-state index is 0.0609. The maximum Gasteiger partial charge on any atom is 0.243 e. The number of ether oxygens (including phenoxy) is 2.